The van der Waals surface area contributed by atoms with Crippen LogP contribution in [0.5, 0.6) is 0 Å². The van der Waals surface area contributed by atoms with Gasteiger partial charge in [0.2, 0.25) is 0 Å². The number of carbonyl (C=O) groups excluding carboxylic acids is 1. The van der Waals surface area contributed by atoms with Crippen LogP contribution in [-0.4, -0.2) is 26.8 Å². The number of aliphatic carboxylic acids is 1. The molecule has 1 saturated heterocycles. The van der Waals surface area contributed by atoms with Gasteiger partial charge in [-0.3, -0.25) is 15.0 Å². The number of nitrogens with one attached hydrogen (secondary N) is 3. The number of aromatic nitrogens is 1. The summed E-state index contributed by atoms with van der Waals surface area (Å²) in [6, 6.07) is 30.8. The Hall–Kier alpha value is -3.82. The van der Waals surface area contributed by atoms with E-state index in [1.54, 1.807) is 12.1 Å². The van der Waals surface area contributed by atoms with E-state index < -0.39 is 5.97 Å². The van der Waals surface area contributed by atoms with Crippen molar-refractivity contribution >= 4 is 23.6 Å². The molecule has 1 aliphatic rings. The van der Waals surface area contributed by atoms with Crippen molar-refractivity contribution < 1.29 is 44.3 Å². The summed E-state index contributed by atoms with van der Waals surface area (Å²) in [7, 11) is 0. The minimum Gasteiger partial charge on any atom is -0.481 e. The first-order valence-corrected chi connectivity index (χ1v) is 10.8. The van der Waals surface area contributed by atoms with Gasteiger partial charge in [-0.2, -0.15) is 18.2 Å². The molecule has 0 bridgehead atoms. The van der Waals surface area contributed by atoms with E-state index >= 15 is 0 Å². The van der Waals surface area contributed by atoms with Gasteiger partial charge in [-0.25, -0.2) is 5.43 Å². The number of hydrogen-bond donors (Lipinski definition) is 4. The maximum atomic E-state index is 12.3. The molecule has 1 aromatic heterocycles. The first-order chi connectivity index (χ1) is 17.0. The van der Waals surface area contributed by atoms with Crippen molar-refractivity contribution in [2.75, 3.05) is 5.43 Å². The third-order valence-corrected chi connectivity index (χ3v) is 4.97. The Labute approximate surface area is 231 Å². The van der Waals surface area contributed by atoms with Crippen molar-refractivity contribution in [3.05, 3.63) is 115 Å². The van der Waals surface area contributed by atoms with Gasteiger partial charge in [0.25, 0.3) is 11.9 Å². The van der Waals surface area contributed by atoms with Crippen molar-refractivity contribution in [3.63, 3.8) is 0 Å². The molecule has 176 valence electrons. The van der Waals surface area contributed by atoms with Gasteiger partial charge in [0.05, 0.1) is 0 Å². The summed E-state index contributed by atoms with van der Waals surface area (Å²) in [5.41, 5.74) is 14.4. The van der Waals surface area contributed by atoms with E-state index in [-0.39, 0.29) is 35.5 Å². The summed E-state index contributed by atoms with van der Waals surface area (Å²) in [6.07, 6.45) is 5.87. The molecule has 1 aliphatic heterocycles. The van der Waals surface area contributed by atoms with Crippen LogP contribution >= 0.6 is 0 Å². The molecule has 2 heterocycles. The van der Waals surface area contributed by atoms with Gasteiger partial charge < -0.3 is 15.1 Å². The molecule has 0 spiro atoms. The molecule has 0 atom stereocenters. The third kappa shape index (κ3) is 7.34. The molecule has 0 radical (unpaired) electrons. The second kappa shape index (κ2) is 12.8. The number of anilines is 1. The largest absolute Gasteiger partial charge is 1.00 e. The van der Waals surface area contributed by atoms with Crippen molar-refractivity contribution in [1.29, 1.82) is 0 Å². The number of hydrogen-bond acceptors (Lipinski definition) is 5. The van der Waals surface area contributed by atoms with Crippen LogP contribution < -0.4 is 45.8 Å². The summed E-state index contributed by atoms with van der Waals surface area (Å²) in [4.78, 5) is 21.3. The number of rotatable bonds is 5. The van der Waals surface area contributed by atoms with Crippen LogP contribution in [-0.2, 0) is 9.59 Å². The standard InChI is InChI=1S/C25H20N5O.C2H4O2.Na/c31-25-24(27-30(28-25)26-22-6-2-1-3-7-22)18-19-8-10-20(11-9-19)21-12-14-23(15-13-21)29-16-4-5-17-29;1-2(3)4;/h2-18,26-27H,(H,28,31);1H3,(H,3,4);/q-1;;+1/b24-18-;;. The molecule has 0 unspecified atom stereocenters. The van der Waals surface area contributed by atoms with Crippen LogP contribution in [0.4, 0.5) is 5.69 Å². The number of hydrazine groups is 3. The zero-order chi connectivity index (χ0) is 24.6. The fraction of sp³-hybridized carbons (Fsp3) is 0.0370. The molecule has 8 nitrogen and oxygen atoms in total. The van der Waals surface area contributed by atoms with E-state index in [0.29, 0.717) is 5.70 Å². The third-order valence-electron chi connectivity index (χ3n) is 4.97. The zero-order valence-corrected chi connectivity index (χ0v) is 22.0. The molecule has 3 aromatic carbocycles. The second-order valence-electron chi connectivity index (χ2n) is 7.62. The van der Waals surface area contributed by atoms with E-state index in [1.165, 1.54) is 5.23 Å². The molecule has 1 fully saturated rings. The normalized spacial score (nSPS) is 13.6. The fourth-order valence-electron chi connectivity index (χ4n) is 3.38. The molecule has 0 aliphatic carbocycles. The van der Waals surface area contributed by atoms with Crippen LogP contribution in [0.25, 0.3) is 22.9 Å². The van der Waals surface area contributed by atoms with E-state index in [2.05, 4.69) is 63.3 Å². The summed E-state index contributed by atoms with van der Waals surface area (Å²) in [5.74, 6) is -1.04. The van der Waals surface area contributed by atoms with E-state index in [1.807, 2.05) is 54.9 Å². The average Bonchev–Trinajstić information content (AvgIpc) is 3.50. The Morgan fingerprint density at radius 3 is 2.06 bits per heavy atom. The fourth-order valence-corrected chi connectivity index (χ4v) is 3.38. The Bertz CT molecular complexity index is 1300. The molecule has 5 rings (SSSR count). The number of carboxylic acid groups (broad SMARTS) is 1. The number of carboxylic acids is 1. The van der Waals surface area contributed by atoms with Crippen molar-refractivity contribution in [2.45, 2.75) is 6.92 Å². The topological polar surface area (TPSA) is 98.6 Å². The molecule has 4 aromatic rings. The SMILES string of the molecule is CC(=O)O.O=C1NN(Nc2cc[c-]cc2)N/C1=C\c1ccc(-c2ccc(-n3cccc3)cc2)cc1.[Na+]. The van der Waals surface area contributed by atoms with Gasteiger partial charge in [-0.1, -0.05) is 42.1 Å². The van der Waals surface area contributed by atoms with E-state index in [9.17, 15) is 4.79 Å². The first kappa shape index (κ1) is 26.8. The Morgan fingerprint density at radius 2 is 1.47 bits per heavy atom. The predicted molar refractivity (Wildman–Crippen MR) is 135 cm³/mol. The van der Waals surface area contributed by atoms with Gasteiger partial charge in [-0.15, -0.1) is 12.1 Å². The number of carbonyl (C=O) groups is 2. The van der Waals surface area contributed by atoms with Gasteiger partial charge in [0.1, 0.15) is 5.70 Å². The average molecular weight is 490 g/mol. The van der Waals surface area contributed by atoms with Crippen LogP contribution in [0, 0.1) is 6.07 Å². The maximum absolute atomic E-state index is 12.3. The van der Waals surface area contributed by atoms with E-state index in [0.717, 1.165) is 35.0 Å². The van der Waals surface area contributed by atoms with E-state index in [4.69, 9.17) is 9.90 Å². The van der Waals surface area contributed by atoms with Crippen molar-refractivity contribution in [3.8, 4) is 16.8 Å². The molecule has 9 heteroatoms. The summed E-state index contributed by atoms with van der Waals surface area (Å²) >= 11 is 0. The van der Waals surface area contributed by atoms with Gasteiger partial charge in [-0.05, 0) is 52.3 Å². The van der Waals surface area contributed by atoms with Crippen LogP contribution in [0.15, 0.2) is 103 Å². The maximum Gasteiger partial charge on any atom is 1.00 e. The first-order valence-electron chi connectivity index (χ1n) is 10.8. The van der Waals surface area contributed by atoms with Crippen LogP contribution in [0.1, 0.15) is 12.5 Å². The minimum absolute atomic E-state index is 0. The summed E-state index contributed by atoms with van der Waals surface area (Å²) in [5, 5.41) is 8.85. The van der Waals surface area contributed by atoms with Crippen molar-refractivity contribution in [2.24, 2.45) is 0 Å². The minimum atomic E-state index is -0.833. The molecular weight excluding hydrogens is 465 g/mol. The Morgan fingerprint density at radius 1 is 0.917 bits per heavy atom. The van der Waals surface area contributed by atoms with Gasteiger partial charge in [0.15, 0.2) is 0 Å². The number of amides is 1. The Kier molecular flexibility index (Phi) is 9.49. The molecule has 36 heavy (non-hydrogen) atoms. The monoisotopic (exact) mass is 489 g/mol. The smallest absolute Gasteiger partial charge is 0.481 e. The molecule has 0 saturated carbocycles. The van der Waals surface area contributed by atoms with Gasteiger partial charge >= 0.3 is 29.6 Å². The quantitative estimate of drug-likeness (QED) is 0.192. The Balaban J connectivity index is 0.000000674. The molecule has 4 N–H and O–H groups in total. The molecular formula is C27H24N5NaO3. The number of nitrogens with zero attached hydrogens (tertiary/aromatic N) is 2. The second-order valence-corrected chi connectivity index (χ2v) is 7.62. The van der Waals surface area contributed by atoms with Gasteiger partial charge in [0, 0.05) is 25.0 Å². The predicted octanol–water partition coefficient (Wildman–Crippen LogP) is 1.26. The summed E-state index contributed by atoms with van der Waals surface area (Å²) in [6.45, 7) is 1.08. The van der Waals surface area contributed by atoms with Crippen molar-refractivity contribution in [1.82, 2.24) is 20.6 Å². The van der Waals surface area contributed by atoms with Crippen LogP contribution in [0.2, 0.25) is 0 Å². The summed E-state index contributed by atoms with van der Waals surface area (Å²) < 4.78 is 2.08. The number of benzene rings is 3. The van der Waals surface area contributed by atoms with Crippen LogP contribution in [0.3, 0.4) is 0 Å². The zero-order valence-electron chi connectivity index (χ0n) is 20.0. The molecule has 1 amide bonds.